The number of carbonyl (C=O) groups excluding carboxylic acids is 1. The third-order valence-corrected chi connectivity index (χ3v) is 8.23. The summed E-state index contributed by atoms with van der Waals surface area (Å²) >= 11 is 6.89. The normalized spacial score (nSPS) is 17.5. The van der Waals surface area contributed by atoms with Crippen molar-refractivity contribution in [3.63, 3.8) is 0 Å². The molecular weight excluding hydrogens is 392 g/mol. The molecule has 1 aromatic rings. The molecule has 0 radical (unpaired) electrons. The molecule has 0 bridgehead atoms. The summed E-state index contributed by atoms with van der Waals surface area (Å²) in [4.78, 5) is 12.8. The Kier molecular flexibility index (Phi) is 5.15. The van der Waals surface area contributed by atoms with Crippen LogP contribution in [-0.4, -0.2) is 35.2 Å². The molecule has 2 rings (SSSR count). The molecule has 0 spiro atoms. The molecule has 19 heavy (non-hydrogen) atoms. The molecule has 1 heterocycles. The number of carbonyl (C=O) groups is 1. The van der Waals surface area contributed by atoms with Crippen molar-refractivity contribution in [1.82, 2.24) is 0 Å². The summed E-state index contributed by atoms with van der Waals surface area (Å²) in [5.74, 6) is 2.22. The number of halogens is 2. The Morgan fingerprint density at radius 1 is 1.21 bits per heavy atom. The van der Waals surface area contributed by atoms with Gasteiger partial charge in [0.25, 0.3) is 0 Å². The minimum atomic E-state index is -0.308. The van der Waals surface area contributed by atoms with Crippen LogP contribution in [0.3, 0.4) is 0 Å². The van der Waals surface area contributed by atoms with Gasteiger partial charge in [-0.15, -0.1) is 0 Å². The first-order valence-corrected chi connectivity index (χ1v) is 9.33. The van der Waals surface area contributed by atoms with Crippen LogP contribution in [0.1, 0.15) is 24.2 Å². The first-order valence-electron chi connectivity index (χ1n) is 6.18. The minimum absolute atomic E-state index is 0.101. The van der Waals surface area contributed by atoms with Gasteiger partial charge in [-0.3, -0.25) is 4.79 Å². The average molecular weight is 409 g/mol. The maximum atomic E-state index is 12.8. The van der Waals surface area contributed by atoms with Gasteiger partial charge in [0.2, 0.25) is 5.78 Å². The Morgan fingerprint density at radius 3 is 2.42 bits per heavy atom. The standard InChI is InChI=1S/C14H17Br2O2S/c1-14(2,19-7-5-18-6-8-19)13(17)10-3-4-11(15)12(16)9-10/h3-4,9H,5-8H2,1-2H3/q+1. The Morgan fingerprint density at radius 2 is 1.84 bits per heavy atom. The predicted octanol–water partition coefficient (Wildman–Crippen LogP) is 3.82. The van der Waals surface area contributed by atoms with Crippen LogP contribution in [0, 0.1) is 0 Å². The highest BCUT2D eigenvalue weighted by Crippen LogP contribution is 2.30. The number of benzene rings is 1. The molecule has 0 N–H and O–H groups in total. The Bertz CT molecular complexity index is 482. The van der Waals surface area contributed by atoms with E-state index in [9.17, 15) is 4.79 Å². The molecule has 1 aliphatic rings. The number of ether oxygens (including phenoxy) is 1. The molecule has 5 heteroatoms. The van der Waals surface area contributed by atoms with Gasteiger partial charge in [0.05, 0.1) is 13.2 Å². The molecule has 0 amide bonds. The zero-order chi connectivity index (χ0) is 14.0. The lowest BCUT2D eigenvalue weighted by molar-refractivity contribution is 0.0954. The number of rotatable bonds is 3. The van der Waals surface area contributed by atoms with Crippen LogP contribution in [-0.2, 0) is 15.6 Å². The molecule has 1 fully saturated rings. The first-order chi connectivity index (χ1) is 8.93. The van der Waals surface area contributed by atoms with Crippen LogP contribution in [0.5, 0.6) is 0 Å². The highest BCUT2D eigenvalue weighted by molar-refractivity contribution is 9.13. The monoisotopic (exact) mass is 407 g/mol. The summed E-state index contributed by atoms with van der Waals surface area (Å²) in [6.45, 7) is 5.70. The molecule has 0 atom stereocenters. The molecule has 104 valence electrons. The molecular formula is C14H17Br2O2S+. The number of hydrogen-bond acceptors (Lipinski definition) is 2. The molecule has 1 aliphatic heterocycles. The van der Waals surface area contributed by atoms with Gasteiger partial charge < -0.3 is 4.74 Å². The van der Waals surface area contributed by atoms with Crippen molar-refractivity contribution >= 4 is 48.5 Å². The van der Waals surface area contributed by atoms with Crippen molar-refractivity contribution in [2.75, 3.05) is 24.7 Å². The van der Waals surface area contributed by atoms with Gasteiger partial charge in [-0.05, 0) is 63.9 Å². The van der Waals surface area contributed by atoms with Crippen molar-refractivity contribution in [3.8, 4) is 0 Å². The maximum Gasteiger partial charge on any atom is 0.217 e. The molecule has 0 aliphatic carbocycles. The van der Waals surface area contributed by atoms with Crippen LogP contribution >= 0.6 is 31.9 Å². The van der Waals surface area contributed by atoms with E-state index in [1.54, 1.807) is 0 Å². The lowest BCUT2D eigenvalue weighted by atomic mass is 10.0. The van der Waals surface area contributed by atoms with Crippen LogP contribution in [0.2, 0.25) is 0 Å². The average Bonchev–Trinajstić information content (AvgIpc) is 2.42. The van der Waals surface area contributed by atoms with E-state index in [-0.39, 0.29) is 21.4 Å². The molecule has 1 aromatic carbocycles. The topological polar surface area (TPSA) is 26.3 Å². The van der Waals surface area contributed by atoms with E-state index >= 15 is 0 Å². The summed E-state index contributed by atoms with van der Waals surface area (Å²) in [6.07, 6.45) is 0. The first kappa shape index (κ1) is 15.5. The summed E-state index contributed by atoms with van der Waals surface area (Å²) in [5, 5.41) is 0. The molecule has 1 saturated heterocycles. The van der Waals surface area contributed by atoms with Crippen LogP contribution in [0.25, 0.3) is 0 Å². The lowest BCUT2D eigenvalue weighted by Gasteiger charge is -2.27. The largest absolute Gasteiger partial charge is 0.372 e. The molecule has 0 saturated carbocycles. The Hall–Kier alpha value is 0.160. The second-order valence-corrected chi connectivity index (χ2v) is 9.51. The number of ketones is 1. The van der Waals surface area contributed by atoms with Crippen LogP contribution in [0.15, 0.2) is 27.1 Å². The van der Waals surface area contributed by atoms with Crippen LogP contribution < -0.4 is 0 Å². The van der Waals surface area contributed by atoms with Crippen molar-refractivity contribution in [2.24, 2.45) is 0 Å². The summed E-state index contributed by atoms with van der Waals surface area (Å²) < 4.78 is 6.98. The van der Waals surface area contributed by atoms with E-state index in [1.165, 1.54) is 0 Å². The van der Waals surface area contributed by atoms with Crippen molar-refractivity contribution in [3.05, 3.63) is 32.7 Å². The number of Topliss-reactive ketones (excluding diaryl/α,β-unsaturated/α-hetero) is 1. The van der Waals surface area contributed by atoms with E-state index < -0.39 is 0 Å². The maximum absolute atomic E-state index is 12.8. The fourth-order valence-corrected chi connectivity index (χ4v) is 5.02. The van der Waals surface area contributed by atoms with E-state index in [0.29, 0.717) is 0 Å². The Labute approximate surface area is 133 Å². The fourth-order valence-electron chi connectivity index (χ4n) is 2.15. The third-order valence-electron chi connectivity index (χ3n) is 3.40. The van der Waals surface area contributed by atoms with Crippen molar-refractivity contribution < 1.29 is 9.53 Å². The quantitative estimate of drug-likeness (QED) is 0.561. The SMILES string of the molecule is CC(C)(C(=O)c1ccc(Br)c(Br)c1)[S+]1CCOCC1. The Balaban J connectivity index is 2.23. The van der Waals surface area contributed by atoms with Gasteiger partial charge in [0.15, 0.2) is 4.75 Å². The predicted molar refractivity (Wildman–Crippen MR) is 88.2 cm³/mol. The highest BCUT2D eigenvalue weighted by Gasteiger charge is 2.46. The smallest absolute Gasteiger partial charge is 0.217 e. The van der Waals surface area contributed by atoms with E-state index in [2.05, 4.69) is 45.7 Å². The second-order valence-electron chi connectivity index (χ2n) is 4.98. The zero-order valence-corrected chi connectivity index (χ0v) is 15.0. The van der Waals surface area contributed by atoms with Gasteiger partial charge in [0, 0.05) is 25.4 Å². The molecule has 2 nitrogen and oxygen atoms in total. The second kappa shape index (κ2) is 6.29. The molecule has 0 unspecified atom stereocenters. The fraction of sp³-hybridized carbons (Fsp3) is 0.500. The van der Waals surface area contributed by atoms with Crippen LogP contribution in [0.4, 0.5) is 0 Å². The van der Waals surface area contributed by atoms with Crippen molar-refractivity contribution in [2.45, 2.75) is 18.6 Å². The minimum Gasteiger partial charge on any atom is -0.372 e. The van der Waals surface area contributed by atoms with Gasteiger partial charge in [-0.25, -0.2) is 0 Å². The van der Waals surface area contributed by atoms with E-state index in [1.807, 2.05) is 18.2 Å². The summed E-state index contributed by atoms with van der Waals surface area (Å²) in [5.41, 5.74) is 0.777. The third kappa shape index (κ3) is 3.43. The van der Waals surface area contributed by atoms with Gasteiger partial charge in [-0.2, -0.15) is 0 Å². The number of hydrogen-bond donors (Lipinski definition) is 0. The van der Waals surface area contributed by atoms with Gasteiger partial charge >= 0.3 is 0 Å². The van der Waals surface area contributed by atoms with Gasteiger partial charge in [-0.1, -0.05) is 0 Å². The van der Waals surface area contributed by atoms with E-state index in [4.69, 9.17) is 4.74 Å². The summed E-state index contributed by atoms with van der Waals surface area (Å²) in [6, 6.07) is 5.71. The lowest BCUT2D eigenvalue weighted by Crippen LogP contribution is -2.47. The van der Waals surface area contributed by atoms with Gasteiger partial charge in [0.1, 0.15) is 11.5 Å². The summed E-state index contributed by atoms with van der Waals surface area (Å²) in [7, 11) is 0.101. The zero-order valence-electron chi connectivity index (χ0n) is 11.0. The highest BCUT2D eigenvalue weighted by atomic mass is 79.9. The van der Waals surface area contributed by atoms with E-state index in [0.717, 1.165) is 39.2 Å². The van der Waals surface area contributed by atoms with Crippen molar-refractivity contribution in [1.29, 1.82) is 0 Å². The molecule has 0 aromatic heterocycles.